The number of aromatic nitrogens is 1. The molecule has 6 nitrogen and oxygen atoms in total. The van der Waals surface area contributed by atoms with Gasteiger partial charge in [-0.2, -0.15) is 9.37 Å². The third-order valence-electron chi connectivity index (χ3n) is 1.95. The van der Waals surface area contributed by atoms with Crippen LogP contribution in [-0.2, 0) is 14.3 Å². The number of halogens is 3. The van der Waals surface area contributed by atoms with Gasteiger partial charge in [-0.15, -0.1) is 0 Å². The van der Waals surface area contributed by atoms with E-state index >= 15 is 0 Å². The van der Waals surface area contributed by atoms with Crippen molar-refractivity contribution in [3.63, 3.8) is 0 Å². The maximum absolute atomic E-state index is 13.2. The average molecular weight is 343 g/mol. The van der Waals surface area contributed by atoms with E-state index in [0.29, 0.717) is 11.8 Å². The lowest BCUT2D eigenvalue weighted by Gasteiger charge is -2.09. The number of anilines is 1. The van der Waals surface area contributed by atoms with Crippen LogP contribution in [0.4, 0.5) is 10.1 Å². The topological polar surface area (TPSA) is 91.5 Å². The van der Waals surface area contributed by atoms with Crippen LogP contribution in [0.15, 0.2) is 0 Å². The van der Waals surface area contributed by atoms with Gasteiger partial charge in [-0.3, -0.25) is 9.59 Å². The standard InChI is InChI=1S/C10H9Cl2FN2O4S/c1-18-4(16)3-20-5(17)2-19-10-7(12)8(14)6(11)9(13)15-10/h2-3H2,1H3,(H2,14,15). The SMILES string of the molecule is COC(=O)CSC(=O)COc1nc(F)c(Cl)c(N)c1Cl. The molecule has 0 amide bonds. The lowest BCUT2D eigenvalue weighted by molar-refractivity contribution is -0.137. The molecule has 0 aliphatic rings. The van der Waals surface area contributed by atoms with Gasteiger partial charge < -0.3 is 15.2 Å². The summed E-state index contributed by atoms with van der Waals surface area (Å²) in [4.78, 5) is 25.5. The smallest absolute Gasteiger partial charge is 0.316 e. The highest BCUT2D eigenvalue weighted by atomic mass is 35.5. The number of pyridine rings is 1. The first-order chi connectivity index (χ1) is 9.36. The van der Waals surface area contributed by atoms with Gasteiger partial charge in [-0.1, -0.05) is 35.0 Å². The summed E-state index contributed by atoms with van der Waals surface area (Å²) in [6, 6.07) is 0. The van der Waals surface area contributed by atoms with Gasteiger partial charge in [0.05, 0.1) is 18.6 Å². The quantitative estimate of drug-likeness (QED) is 0.645. The number of nitrogens with two attached hydrogens (primary N) is 1. The fourth-order valence-electron chi connectivity index (χ4n) is 0.973. The van der Waals surface area contributed by atoms with Crippen LogP contribution >= 0.6 is 35.0 Å². The van der Waals surface area contributed by atoms with Crippen molar-refractivity contribution < 1.29 is 23.5 Å². The lowest BCUT2D eigenvalue weighted by atomic mass is 10.4. The molecule has 0 aliphatic carbocycles. The summed E-state index contributed by atoms with van der Waals surface area (Å²) < 4.78 is 22.5. The zero-order valence-electron chi connectivity index (χ0n) is 10.1. The van der Waals surface area contributed by atoms with Crippen LogP contribution in [0.5, 0.6) is 5.88 Å². The molecule has 1 rings (SSSR count). The predicted octanol–water partition coefficient (Wildman–Crippen LogP) is 1.92. The summed E-state index contributed by atoms with van der Waals surface area (Å²) in [5.41, 5.74) is 5.20. The highest BCUT2D eigenvalue weighted by Crippen LogP contribution is 2.35. The molecule has 1 aromatic heterocycles. The first kappa shape index (κ1) is 16.8. The number of carbonyl (C=O) groups excluding carboxylic acids is 2. The van der Waals surface area contributed by atoms with E-state index in [0.717, 1.165) is 0 Å². The average Bonchev–Trinajstić information content (AvgIpc) is 2.44. The molecule has 0 atom stereocenters. The molecule has 10 heteroatoms. The van der Waals surface area contributed by atoms with Gasteiger partial charge in [0.25, 0.3) is 0 Å². The van der Waals surface area contributed by atoms with Crippen molar-refractivity contribution in [1.29, 1.82) is 0 Å². The van der Waals surface area contributed by atoms with Crippen LogP contribution in [0.25, 0.3) is 0 Å². The van der Waals surface area contributed by atoms with Crippen LogP contribution in [0.1, 0.15) is 0 Å². The van der Waals surface area contributed by atoms with Gasteiger partial charge in [0, 0.05) is 0 Å². The molecule has 0 radical (unpaired) electrons. The maximum Gasteiger partial charge on any atom is 0.316 e. The second-order valence-electron chi connectivity index (χ2n) is 3.27. The monoisotopic (exact) mass is 342 g/mol. The number of esters is 1. The number of hydrogen-bond acceptors (Lipinski definition) is 7. The van der Waals surface area contributed by atoms with E-state index in [1.807, 2.05) is 0 Å². The van der Waals surface area contributed by atoms with Crippen molar-refractivity contribution >= 4 is 51.7 Å². The van der Waals surface area contributed by atoms with Crippen LogP contribution in [0.2, 0.25) is 10.0 Å². The number of ether oxygens (including phenoxy) is 2. The van der Waals surface area contributed by atoms with Crippen molar-refractivity contribution in [3.8, 4) is 5.88 Å². The zero-order chi connectivity index (χ0) is 15.3. The number of thioether (sulfide) groups is 1. The second-order valence-corrected chi connectivity index (χ2v) is 5.06. The Balaban J connectivity index is 2.62. The minimum absolute atomic E-state index is 0.156. The maximum atomic E-state index is 13.2. The van der Waals surface area contributed by atoms with Crippen molar-refractivity contribution in [2.45, 2.75) is 0 Å². The summed E-state index contributed by atoms with van der Waals surface area (Å²) in [5, 5.41) is -1.10. The zero-order valence-corrected chi connectivity index (χ0v) is 12.4. The number of carbonyl (C=O) groups is 2. The molecule has 110 valence electrons. The molecule has 0 bridgehead atoms. The van der Waals surface area contributed by atoms with Gasteiger partial charge in [-0.05, 0) is 0 Å². The molecule has 0 unspecified atom stereocenters. The number of nitrogen functional groups attached to an aromatic ring is 1. The molecular formula is C10H9Cl2FN2O4S. The van der Waals surface area contributed by atoms with Crippen LogP contribution < -0.4 is 10.5 Å². The summed E-state index contributed by atoms with van der Waals surface area (Å²) in [7, 11) is 1.20. The van der Waals surface area contributed by atoms with E-state index in [9.17, 15) is 14.0 Å². The summed E-state index contributed by atoms with van der Waals surface area (Å²) in [6.07, 6.45) is 0. The van der Waals surface area contributed by atoms with Crippen LogP contribution in [0.3, 0.4) is 0 Å². The molecule has 0 spiro atoms. The minimum atomic E-state index is -1.06. The normalized spacial score (nSPS) is 10.2. The third-order valence-corrected chi connectivity index (χ3v) is 3.49. The number of nitrogens with zero attached hydrogens (tertiary/aromatic N) is 1. The summed E-state index contributed by atoms with van der Waals surface area (Å²) >= 11 is 11.9. The van der Waals surface area contributed by atoms with E-state index in [4.69, 9.17) is 33.7 Å². The van der Waals surface area contributed by atoms with Gasteiger partial charge >= 0.3 is 5.97 Å². The molecule has 0 saturated heterocycles. The van der Waals surface area contributed by atoms with Gasteiger partial charge in [0.2, 0.25) is 16.9 Å². The Bertz CT molecular complexity index is 544. The minimum Gasteiger partial charge on any atom is -0.468 e. The Morgan fingerprint density at radius 1 is 1.40 bits per heavy atom. The highest BCUT2D eigenvalue weighted by molar-refractivity contribution is 8.14. The molecule has 0 saturated carbocycles. The Hall–Kier alpha value is -1.25. The van der Waals surface area contributed by atoms with E-state index in [2.05, 4.69) is 9.72 Å². The number of methoxy groups -OCH3 is 1. The molecule has 1 aromatic rings. The summed E-state index contributed by atoms with van der Waals surface area (Å²) in [6.45, 7) is -0.463. The second kappa shape index (κ2) is 7.51. The Morgan fingerprint density at radius 3 is 2.65 bits per heavy atom. The predicted molar refractivity (Wildman–Crippen MR) is 73.6 cm³/mol. The van der Waals surface area contributed by atoms with Crippen molar-refractivity contribution in [2.24, 2.45) is 0 Å². The van der Waals surface area contributed by atoms with E-state index in [1.54, 1.807) is 0 Å². The van der Waals surface area contributed by atoms with Crippen LogP contribution in [0, 0.1) is 5.95 Å². The van der Waals surface area contributed by atoms with Gasteiger partial charge in [0.15, 0.2) is 6.61 Å². The fourth-order valence-corrected chi connectivity index (χ4v) is 1.89. The molecular weight excluding hydrogens is 334 g/mol. The molecule has 0 aliphatic heterocycles. The Labute approximate surface area is 127 Å². The van der Waals surface area contributed by atoms with Gasteiger partial charge in [0.1, 0.15) is 10.0 Å². The molecule has 1 heterocycles. The molecule has 2 N–H and O–H groups in total. The summed E-state index contributed by atoms with van der Waals surface area (Å²) in [5.74, 6) is -2.12. The highest BCUT2D eigenvalue weighted by Gasteiger charge is 2.17. The van der Waals surface area contributed by atoms with E-state index in [-0.39, 0.29) is 22.3 Å². The van der Waals surface area contributed by atoms with Crippen molar-refractivity contribution in [1.82, 2.24) is 4.98 Å². The van der Waals surface area contributed by atoms with Crippen LogP contribution in [-0.4, -0.2) is 35.5 Å². The van der Waals surface area contributed by atoms with Gasteiger partial charge in [-0.25, -0.2) is 0 Å². The Kier molecular flexibility index (Phi) is 6.31. The first-order valence-corrected chi connectivity index (χ1v) is 6.76. The first-order valence-electron chi connectivity index (χ1n) is 5.02. The fraction of sp³-hybridized carbons (Fsp3) is 0.300. The van der Waals surface area contributed by atoms with E-state index in [1.165, 1.54) is 7.11 Å². The molecule has 0 aromatic carbocycles. The van der Waals surface area contributed by atoms with Crippen molar-refractivity contribution in [2.75, 3.05) is 25.2 Å². The van der Waals surface area contributed by atoms with E-state index < -0.39 is 28.7 Å². The largest absolute Gasteiger partial charge is 0.468 e. The third kappa shape index (κ3) is 4.39. The lowest BCUT2D eigenvalue weighted by Crippen LogP contribution is -2.13. The van der Waals surface area contributed by atoms with Crippen molar-refractivity contribution in [3.05, 3.63) is 16.0 Å². The number of rotatable bonds is 5. The Morgan fingerprint density at radius 2 is 2.05 bits per heavy atom. The number of hydrogen-bond donors (Lipinski definition) is 1. The molecule has 0 fully saturated rings. The molecule has 20 heavy (non-hydrogen) atoms.